The van der Waals surface area contributed by atoms with Gasteiger partial charge in [0.1, 0.15) is 11.6 Å². The van der Waals surface area contributed by atoms with Crippen molar-refractivity contribution in [3.05, 3.63) is 40.0 Å². The maximum Gasteiger partial charge on any atom is 0.271 e. The molecular weight excluding hydrogens is 313 g/mol. The number of aryl methyl sites for hydroxylation is 1. The summed E-state index contributed by atoms with van der Waals surface area (Å²) in [7, 11) is 0. The number of anilines is 1. The molecule has 0 fully saturated rings. The van der Waals surface area contributed by atoms with Crippen LogP contribution in [0.15, 0.2) is 23.4 Å². The number of nitro groups is 1. The molecule has 0 aliphatic rings. The first-order valence-corrected chi connectivity index (χ1v) is 7.26. The summed E-state index contributed by atoms with van der Waals surface area (Å²) >= 11 is 1.08. The normalized spacial score (nSPS) is 10.5. The number of rotatable bonds is 6. The maximum atomic E-state index is 13.5. The van der Waals surface area contributed by atoms with Gasteiger partial charge in [0.25, 0.3) is 5.69 Å². The number of H-pyrrole nitrogens is 1. The molecule has 2 aromatic rings. The molecule has 2 rings (SSSR count). The molecule has 0 saturated carbocycles. The highest BCUT2D eigenvalue weighted by molar-refractivity contribution is 7.99. The number of amides is 1. The number of halogens is 1. The van der Waals surface area contributed by atoms with E-state index in [9.17, 15) is 19.3 Å². The molecule has 116 valence electrons. The van der Waals surface area contributed by atoms with Crippen molar-refractivity contribution in [2.45, 2.75) is 18.5 Å². The molecule has 0 saturated heterocycles. The lowest BCUT2D eigenvalue weighted by molar-refractivity contribution is -0.384. The molecule has 0 radical (unpaired) electrons. The highest BCUT2D eigenvalue weighted by Crippen LogP contribution is 2.22. The predicted octanol–water partition coefficient (Wildman–Crippen LogP) is 2.15. The lowest BCUT2D eigenvalue weighted by Crippen LogP contribution is -2.15. The van der Waals surface area contributed by atoms with E-state index in [-0.39, 0.29) is 17.1 Å². The molecule has 1 amide bonds. The number of nitro benzene ring substituents is 1. The summed E-state index contributed by atoms with van der Waals surface area (Å²) in [6, 6.07) is 2.93. The molecule has 0 aliphatic carbocycles. The second-order valence-corrected chi connectivity index (χ2v) is 5.12. The minimum atomic E-state index is -0.741. The lowest BCUT2D eigenvalue weighted by atomic mass is 10.2. The molecule has 8 nitrogen and oxygen atoms in total. The van der Waals surface area contributed by atoms with Crippen LogP contribution in [0.5, 0.6) is 0 Å². The Morgan fingerprint density at radius 2 is 2.32 bits per heavy atom. The van der Waals surface area contributed by atoms with E-state index >= 15 is 0 Å². The third-order valence-corrected chi connectivity index (χ3v) is 3.46. The van der Waals surface area contributed by atoms with Crippen LogP contribution in [0.3, 0.4) is 0 Å². The molecule has 0 atom stereocenters. The fraction of sp³-hybridized carbons (Fsp3) is 0.250. The van der Waals surface area contributed by atoms with Crippen LogP contribution in [0, 0.1) is 15.9 Å². The van der Waals surface area contributed by atoms with Gasteiger partial charge in [-0.3, -0.25) is 20.0 Å². The van der Waals surface area contributed by atoms with Crippen LogP contribution >= 0.6 is 11.8 Å². The second-order valence-electron chi connectivity index (χ2n) is 4.18. The smallest absolute Gasteiger partial charge is 0.271 e. The van der Waals surface area contributed by atoms with E-state index in [0.717, 1.165) is 30.0 Å². The van der Waals surface area contributed by atoms with Crippen LogP contribution in [0.4, 0.5) is 15.8 Å². The zero-order valence-electron chi connectivity index (χ0n) is 11.5. The zero-order chi connectivity index (χ0) is 16.1. The summed E-state index contributed by atoms with van der Waals surface area (Å²) in [5, 5.41) is 20.0. The standard InChI is InChI=1S/C12H12FN5O3S/c1-2-10-15-12(17-16-10)22-6-11(19)14-9-5-7(18(20)21)3-4-8(9)13/h3-5H,2,6H2,1H3,(H,14,19)(H,15,16,17). The van der Waals surface area contributed by atoms with Gasteiger partial charge in [0.2, 0.25) is 11.1 Å². The number of aromatic amines is 1. The van der Waals surface area contributed by atoms with E-state index in [4.69, 9.17) is 0 Å². The Labute approximate surface area is 128 Å². The highest BCUT2D eigenvalue weighted by Gasteiger charge is 2.14. The number of carbonyl (C=O) groups excluding carboxylic acids is 1. The highest BCUT2D eigenvalue weighted by atomic mass is 32.2. The Morgan fingerprint density at radius 3 is 2.95 bits per heavy atom. The molecule has 22 heavy (non-hydrogen) atoms. The summed E-state index contributed by atoms with van der Waals surface area (Å²) in [6.45, 7) is 1.91. The van der Waals surface area contributed by atoms with Crippen molar-refractivity contribution in [1.82, 2.24) is 15.2 Å². The van der Waals surface area contributed by atoms with Gasteiger partial charge in [0, 0.05) is 18.6 Å². The van der Waals surface area contributed by atoms with E-state index in [1.54, 1.807) is 0 Å². The number of benzene rings is 1. The van der Waals surface area contributed by atoms with E-state index in [1.807, 2.05) is 6.92 Å². The third-order valence-electron chi connectivity index (χ3n) is 2.61. The fourth-order valence-corrected chi connectivity index (χ4v) is 2.16. The van der Waals surface area contributed by atoms with Crippen LogP contribution in [-0.2, 0) is 11.2 Å². The largest absolute Gasteiger partial charge is 0.323 e. The van der Waals surface area contributed by atoms with Gasteiger partial charge < -0.3 is 5.32 Å². The van der Waals surface area contributed by atoms with Crippen LogP contribution in [0.1, 0.15) is 12.7 Å². The van der Waals surface area contributed by atoms with Gasteiger partial charge in [-0.05, 0) is 6.07 Å². The van der Waals surface area contributed by atoms with Crippen LogP contribution in [0.25, 0.3) is 0 Å². The van der Waals surface area contributed by atoms with Crippen LogP contribution < -0.4 is 5.32 Å². The van der Waals surface area contributed by atoms with Gasteiger partial charge in [0.05, 0.1) is 16.4 Å². The number of nitrogens with zero attached hydrogens (tertiary/aromatic N) is 3. The summed E-state index contributed by atoms with van der Waals surface area (Å²) in [4.78, 5) is 25.9. The van der Waals surface area contributed by atoms with E-state index in [1.165, 1.54) is 0 Å². The van der Waals surface area contributed by atoms with Gasteiger partial charge in [-0.25, -0.2) is 9.37 Å². The minimum absolute atomic E-state index is 0.0386. The van der Waals surface area contributed by atoms with E-state index in [2.05, 4.69) is 20.5 Å². The predicted molar refractivity (Wildman–Crippen MR) is 78.2 cm³/mol. The molecule has 0 unspecified atom stereocenters. The van der Waals surface area contributed by atoms with Gasteiger partial charge in [0.15, 0.2) is 0 Å². The number of hydrogen-bond donors (Lipinski definition) is 2. The molecular formula is C12H12FN5O3S. The Bertz CT molecular complexity index is 706. The number of non-ortho nitro benzene ring substituents is 1. The van der Waals surface area contributed by atoms with E-state index < -0.39 is 16.6 Å². The Kier molecular flexibility index (Phi) is 5.04. The quantitative estimate of drug-likeness (QED) is 0.478. The zero-order valence-corrected chi connectivity index (χ0v) is 12.3. The molecule has 1 heterocycles. The van der Waals surface area contributed by atoms with Crippen molar-refractivity contribution in [2.75, 3.05) is 11.1 Å². The first kappa shape index (κ1) is 15.9. The van der Waals surface area contributed by atoms with Crippen molar-refractivity contribution in [3.63, 3.8) is 0 Å². The maximum absolute atomic E-state index is 13.5. The molecule has 0 spiro atoms. The van der Waals surface area contributed by atoms with Crippen LogP contribution in [0.2, 0.25) is 0 Å². The number of hydrogen-bond acceptors (Lipinski definition) is 6. The summed E-state index contributed by atoms with van der Waals surface area (Å²) in [5.74, 6) is -0.585. The summed E-state index contributed by atoms with van der Waals surface area (Å²) in [6.07, 6.45) is 0.693. The average molecular weight is 325 g/mol. The molecule has 2 N–H and O–H groups in total. The SMILES string of the molecule is CCc1nc(SCC(=O)Nc2cc([N+](=O)[O-])ccc2F)n[nH]1. The van der Waals surface area contributed by atoms with Crippen LogP contribution in [-0.4, -0.2) is 31.8 Å². The molecule has 0 bridgehead atoms. The average Bonchev–Trinajstić information content (AvgIpc) is 2.95. The molecule has 1 aromatic carbocycles. The number of nitrogens with one attached hydrogen (secondary N) is 2. The molecule has 10 heteroatoms. The number of carbonyl (C=O) groups is 1. The molecule has 1 aromatic heterocycles. The van der Waals surface area contributed by atoms with E-state index in [0.29, 0.717) is 17.4 Å². The monoisotopic (exact) mass is 325 g/mol. The third kappa shape index (κ3) is 4.01. The topological polar surface area (TPSA) is 114 Å². The first-order valence-electron chi connectivity index (χ1n) is 6.27. The molecule has 0 aliphatic heterocycles. The first-order chi connectivity index (χ1) is 10.5. The summed E-state index contributed by atoms with van der Waals surface area (Å²) in [5.41, 5.74) is -0.532. The second kappa shape index (κ2) is 6.98. The fourth-order valence-electron chi connectivity index (χ4n) is 1.54. The van der Waals surface area contributed by atoms with Gasteiger partial charge in [-0.1, -0.05) is 18.7 Å². The van der Waals surface area contributed by atoms with Gasteiger partial charge in [-0.2, -0.15) is 0 Å². The number of thioether (sulfide) groups is 1. The van der Waals surface area contributed by atoms with Crippen molar-refractivity contribution in [1.29, 1.82) is 0 Å². The summed E-state index contributed by atoms with van der Waals surface area (Å²) < 4.78 is 13.5. The van der Waals surface area contributed by atoms with Crippen molar-refractivity contribution < 1.29 is 14.1 Å². The van der Waals surface area contributed by atoms with Crippen molar-refractivity contribution in [2.24, 2.45) is 0 Å². The minimum Gasteiger partial charge on any atom is -0.323 e. The Morgan fingerprint density at radius 1 is 1.55 bits per heavy atom. The van der Waals surface area contributed by atoms with Gasteiger partial charge in [-0.15, -0.1) is 5.10 Å². The Balaban J connectivity index is 1.96. The Hall–Kier alpha value is -2.49. The lowest BCUT2D eigenvalue weighted by Gasteiger charge is -2.05. The van der Waals surface area contributed by atoms with Crippen molar-refractivity contribution >= 4 is 29.0 Å². The number of aromatic nitrogens is 3. The van der Waals surface area contributed by atoms with Gasteiger partial charge >= 0.3 is 0 Å². The van der Waals surface area contributed by atoms with Crippen molar-refractivity contribution in [3.8, 4) is 0 Å².